The minimum absolute atomic E-state index is 0. The van der Waals surface area contributed by atoms with Crippen molar-refractivity contribution < 1.29 is 4.79 Å². The van der Waals surface area contributed by atoms with Crippen LogP contribution in [0.4, 0.5) is 0 Å². The molecule has 1 aromatic carbocycles. The number of halogens is 3. The Hall–Kier alpha value is -0.730. The van der Waals surface area contributed by atoms with Crippen molar-refractivity contribution in [1.82, 2.24) is 16.0 Å². The van der Waals surface area contributed by atoms with E-state index in [0.717, 1.165) is 5.56 Å². The number of nitrogens with one attached hydrogen (secondary N) is 3. The average Bonchev–Trinajstić information content (AvgIpc) is 2.38. The lowest BCUT2D eigenvalue weighted by Crippen LogP contribution is -2.48. The van der Waals surface area contributed by atoms with Gasteiger partial charge in [0.2, 0.25) is 5.91 Å². The van der Waals surface area contributed by atoms with Crippen LogP contribution in [-0.2, 0) is 11.3 Å². The van der Waals surface area contributed by atoms with E-state index < -0.39 is 0 Å². The second-order valence-electron chi connectivity index (χ2n) is 5.81. The van der Waals surface area contributed by atoms with Crippen molar-refractivity contribution in [3.63, 3.8) is 0 Å². The first-order chi connectivity index (χ1) is 10.2. The topological polar surface area (TPSA) is 65.5 Å². The number of aliphatic imine (C=N–C) groups is 1. The fourth-order valence-corrected chi connectivity index (χ4v) is 2.17. The van der Waals surface area contributed by atoms with E-state index in [1.165, 1.54) is 0 Å². The zero-order valence-electron chi connectivity index (χ0n) is 13.7. The van der Waals surface area contributed by atoms with Crippen LogP contribution < -0.4 is 16.0 Å². The van der Waals surface area contributed by atoms with Crippen molar-refractivity contribution >= 4 is 59.0 Å². The molecule has 1 aromatic rings. The van der Waals surface area contributed by atoms with Gasteiger partial charge in [-0.3, -0.25) is 9.79 Å². The fourth-order valence-electron chi connectivity index (χ4n) is 1.69. The summed E-state index contributed by atoms with van der Waals surface area (Å²) in [5.74, 6) is 0.426. The van der Waals surface area contributed by atoms with Gasteiger partial charge < -0.3 is 16.0 Å². The number of hydrogen-bond acceptors (Lipinski definition) is 2. The van der Waals surface area contributed by atoms with E-state index >= 15 is 0 Å². The summed E-state index contributed by atoms with van der Waals surface area (Å²) in [5.41, 5.74) is 0.639. The van der Waals surface area contributed by atoms with Gasteiger partial charge in [-0.2, -0.15) is 0 Å². The average molecular weight is 473 g/mol. The van der Waals surface area contributed by atoms with Gasteiger partial charge in [0.1, 0.15) is 0 Å². The molecule has 23 heavy (non-hydrogen) atoms. The van der Waals surface area contributed by atoms with E-state index in [-0.39, 0.29) is 42.0 Å². The van der Waals surface area contributed by atoms with Crippen LogP contribution in [0.25, 0.3) is 0 Å². The second-order valence-corrected chi connectivity index (χ2v) is 6.66. The minimum atomic E-state index is -0.257. The van der Waals surface area contributed by atoms with Crippen LogP contribution in [0.1, 0.15) is 26.3 Å². The predicted octanol–water partition coefficient (Wildman–Crippen LogP) is 3.19. The minimum Gasteiger partial charge on any atom is -0.352 e. The molecular formula is C15H23Cl2IN4O. The summed E-state index contributed by atoms with van der Waals surface area (Å²) in [6.07, 6.45) is 0. The lowest BCUT2D eigenvalue weighted by Gasteiger charge is -2.21. The number of hydrogen-bond donors (Lipinski definition) is 3. The Balaban J connectivity index is 0.00000484. The van der Waals surface area contributed by atoms with Gasteiger partial charge >= 0.3 is 0 Å². The van der Waals surface area contributed by atoms with Crippen LogP contribution in [0, 0.1) is 0 Å². The first-order valence-corrected chi connectivity index (χ1v) is 7.66. The molecule has 0 aromatic heterocycles. The van der Waals surface area contributed by atoms with Gasteiger partial charge in [-0.25, -0.2) is 0 Å². The Kier molecular flexibility index (Phi) is 9.88. The molecule has 0 unspecified atom stereocenters. The first kappa shape index (κ1) is 22.3. The second kappa shape index (κ2) is 10.2. The predicted molar refractivity (Wildman–Crippen MR) is 108 cm³/mol. The highest BCUT2D eigenvalue weighted by Crippen LogP contribution is 2.20. The van der Waals surface area contributed by atoms with Gasteiger partial charge in [0, 0.05) is 29.2 Å². The summed E-state index contributed by atoms with van der Waals surface area (Å²) in [6, 6.07) is 5.31. The molecule has 0 saturated heterocycles. The van der Waals surface area contributed by atoms with Gasteiger partial charge in [-0.05, 0) is 38.5 Å². The molecule has 0 bridgehead atoms. The molecule has 130 valence electrons. The van der Waals surface area contributed by atoms with Gasteiger partial charge in [-0.1, -0.05) is 29.3 Å². The summed E-state index contributed by atoms with van der Waals surface area (Å²) in [4.78, 5) is 15.8. The number of guanidine groups is 1. The molecule has 3 N–H and O–H groups in total. The number of benzene rings is 1. The van der Waals surface area contributed by atoms with Crippen LogP contribution in [0.2, 0.25) is 10.0 Å². The van der Waals surface area contributed by atoms with E-state index in [1.807, 2.05) is 26.8 Å². The van der Waals surface area contributed by atoms with Gasteiger partial charge in [0.25, 0.3) is 0 Å². The number of nitrogens with zero attached hydrogens (tertiary/aromatic N) is 1. The monoisotopic (exact) mass is 472 g/mol. The van der Waals surface area contributed by atoms with E-state index in [9.17, 15) is 4.79 Å². The van der Waals surface area contributed by atoms with Crippen molar-refractivity contribution in [2.45, 2.75) is 32.9 Å². The summed E-state index contributed by atoms with van der Waals surface area (Å²) in [5, 5.41) is 10.1. The molecule has 1 amide bonds. The molecule has 1 rings (SSSR count). The quantitative estimate of drug-likeness (QED) is 0.358. The molecule has 0 heterocycles. The Labute approximate surface area is 164 Å². The van der Waals surface area contributed by atoms with Crippen LogP contribution >= 0.6 is 47.2 Å². The zero-order valence-corrected chi connectivity index (χ0v) is 17.5. The molecule has 0 aliphatic carbocycles. The molecule has 5 nitrogen and oxygen atoms in total. The number of amides is 1. The molecule has 0 aliphatic rings. The van der Waals surface area contributed by atoms with Crippen molar-refractivity contribution in [2.24, 2.45) is 4.99 Å². The molecule has 0 saturated carbocycles. The molecular weight excluding hydrogens is 450 g/mol. The lowest BCUT2D eigenvalue weighted by molar-refractivity contribution is -0.121. The van der Waals surface area contributed by atoms with E-state index in [2.05, 4.69) is 20.9 Å². The summed E-state index contributed by atoms with van der Waals surface area (Å²) in [7, 11) is 1.64. The van der Waals surface area contributed by atoms with Gasteiger partial charge in [0.05, 0.1) is 6.54 Å². The summed E-state index contributed by atoms with van der Waals surface area (Å²) >= 11 is 12.0. The normalized spacial score (nSPS) is 11.5. The molecule has 0 atom stereocenters. The maximum atomic E-state index is 11.8. The maximum absolute atomic E-state index is 11.8. The molecule has 0 fully saturated rings. The maximum Gasteiger partial charge on any atom is 0.239 e. The smallest absolute Gasteiger partial charge is 0.239 e. The number of rotatable bonds is 4. The van der Waals surface area contributed by atoms with Crippen molar-refractivity contribution in [1.29, 1.82) is 0 Å². The van der Waals surface area contributed by atoms with Gasteiger partial charge in [0.15, 0.2) is 5.96 Å². The van der Waals surface area contributed by atoms with Crippen molar-refractivity contribution in [2.75, 3.05) is 13.6 Å². The Morgan fingerprint density at radius 1 is 1.22 bits per heavy atom. The zero-order chi connectivity index (χ0) is 16.8. The van der Waals surface area contributed by atoms with Crippen LogP contribution in [0.5, 0.6) is 0 Å². The van der Waals surface area contributed by atoms with Crippen molar-refractivity contribution in [3.05, 3.63) is 33.8 Å². The fraction of sp³-hybridized carbons (Fsp3) is 0.467. The van der Waals surface area contributed by atoms with Crippen LogP contribution in [0.15, 0.2) is 23.2 Å². The standard InChI is InChI=1S/C15H22Cl2N4O.HI/c1-15(2,3)21-13(22)9-20-14(18-4)19-8-10-5-6-11(16)7-12(10)17;/h5-7H,8-9H2,1-4H3,(H,21,22)(H2,18,19,20);1H. The Morgan fingerprint density at radius 3 is 2.39 bits per heavy atom. The molecule has 0 aliphatic heterocycles. The SMILES string of the molecule is CN=C(NCC(=O)NC(C)(C)C)NCc1ccc(Cl)cc1Cl.I. The summed E-state index contributed by atoms with van der Waals surface area (Å²) in [6.45, 7) is 6.42. The van der Waals surface area contributed by atoms with Crippen LogP contribution in [-0.4, -0.2) is 31.0 Å². The lowest BCUT2D eigenvalue weighted by atomic mass is 10.1. The Morgan fingerprint density at radius 2 is 1.87 bits per heavy atom. The van der Waals surface area contributed by atoms with Crippen LogP contribution in [0.3, 0.4) is 0 Å². The third-order valence-electron chi connectivity index (χ3n) is 2.62. The first-order valence-electron chi connectivity index (χ1n) is 6.91. The van der Waals surface area contributed by atoms with Crippen molar-refractivity contribution in [3.8, 4) is 0 Å². The van der Waals surface area contributed by atoms with Gasteiger partial charge in [-0.15, -0.1) is 24.0 Å². The number of carbonyl (C=O) groups excluding carboxylic acids is 1. The molecule has 0 spiro atoms. The number of carbonyl (C=O) groups is 1. The third-order valence-corrected chi connectivity index (χ3v) is 3.20. The van der Waals surface area contributed by atoms with E-state index in [4.69, 9.17) is 23.2 Å². The summed E-state index contributed by atoms with van der Waals surface area (Å²) < 4.78 is 0. The Bertz CT molecular complexity index is 559. The largest absolute Gasteiger partial charge is 0.352 e. The third kappa shape index (κ3) is 9.22. The highest BCUT2D eigenvalue weighted by Gasteiger charge is 2.13. The van der Waals surface area contributed by atoms with E-state index in [0.29, 0.717) is 22.5 Å². The molecule has 8 heteroatoms. The van der Waals surface area contributed by atoms with E-state index in [1.54, 1.807) is 19.2 Å². The highest BCUT2D eigenvalue weighted by molar-refractivity contribution is 14.0. The highest BCUT2D eigenvalue weighted by atomic mass is 127. The molecule has 0 radical (unpaired) electrons.